The third kappa shape index (κ3) is 12.0. The highest BCUT2D eigenvalue weighted by Gasteiger charge is 2.40. The Morgan fingerprint density at radius 1 is 0.912 bits per heavy atom. The standard InChI is InChI=1S/C17H24N4.C6H8O7/c1-20(2)11-6-12-21(14-16-7-5-9-18-13-16)15-17-8-3-4-10-19-17;7-3(8)1-6(13,5(11)12)2-4(9)10/h3-5,7-10,13H,6,11-12,14-15H2,1-2H3;13H,1-2H2,(H,7,8)(H,9,10)(H,11,12). The van der Waals surface area contributed by atoms with E-state index in [4.69, 9.17) is 20.4 Å². The maximum absolute atomic E-state index is 10.3. The van der Waals surface area contributed by atoms with Gasteiger partial charge in [-0.3, -0.25) is 24.5 Å². The molecular weight excluding hydrogens is 444 g/mol. The third-order valence-electron chi connectivity index (χ3n) is 4.61. The zero-order valence-corrected chi connectivity index (χ0v) is 19.4. The molecule has 2 aromatic rings. The van der Waals surface area contributed by atoms with Gasteiger partial charge in [0.25, 0.3) is 0 Å². The molecule has 11 heteroatoms. The second kappa shape index (κ2) is 14.7. The fourth-order valence-corrected chi connectivity index (χ4v) is 3.01. The van der Waals surface area contributed by atoms with Crippen molar-refractivity contribution in [1.29, 1.82) is 0 Å². The summed E-state index contributed by atoms with van der Waals surface area (Å²) in [6.07, 6.45) is 4.48. The molecule has 11 nitrogen and oxygen atoms in total. The lowest BCUT2D eigenvalue weighted by molar-refractivity contribution is -0.170. The van der Waals surface area contributed by atoms with Crippen molar-refractivity contribution in [2.45, 2.75) is 38.0 Å². The van der Waals surface area contributed by atoms with E-state index < -0.39 is 36.4 Å². The van der Waals surface area contributed by atoms with Crippen molar-refractivity contribution in [3.63, 3.8) is 0 Å². The van der Waals surface area contributed by atoms with Crippen molar-refractivity contribution >= 4 is 17.9 Å². The number of carboxylic acid groups (broad SMARTS) is 3. The number of aromatic nitrogens is 2. The lowest BCUT2D eigenvalue weighted by atomic mass is 9.96. The molecule has 0 spiro atoms. The van der Waals surface area contributed by atoms with E-state index in [1.807, 2.05) is 36.8 Å². The molecular formula is C23H32N4O7. The highest BCUT2D eigenvalue weighted by Crippen LogP contribution is 2.15. The summed E-state index contributed by atoms with van der Waals surface area (Å²) in [5, 5.41) is 33.8. The molecule has 0 saturated heterocycles. The van der Waals surface area contributed by atoms with Gasteiger partial charge in [-0.1, -0.05) is 12.1 Å². The van der Waals surface area contributed by atoms with E-state index in [9.17, 15) is 14.4 Å². The van der Waals surface area contributed by atoms with Gasteiger partial charge in [-0.05, 0) is 50.8 Å². The van der Waals surface area contributed by atoms with Crippen LogP contribution in [0.4, 0.5) is 0 Å². The molecule has 0 amide bonds. The number of nitrogens with zero attached hydrogens (tertiary/aromatic N) is 4. The van der Waals surface area contributed by atoms with Gasteiger partial charge in [0.15, 0.2) is 5.60 Å². The van der Waals surface area contributed by atoms with E-state index >= 15 is 0 Å². The second-order valence-electron chi connectivity index (χ2n) is 8.03. The van der Waals surface area contributed by atoms with Crippen molar-refractivity contribution in [2.24, 2.45) is 0 Å². The van der Waals surface area contributed by atoms with Crippen molar-refractivity contribution in [3.05, 3.63) is 60.2 Å². The van der Waals surface area contributed by atoms with E-state index in [-0.39, 0.29) is 0 Å². The molecule has 2 heterocycles. The van der Waals surface area contributed by atoms with E-state index in [1.165, 1.54) is 5.56 Å². The topological polar surface area (TPSA) is 164 Å². The summed E-state index contributed by atoms with van der Waals surface area (Å²) in [4.78, 5) is 43.8. The molecule has 2 aromatic heterocycles. The van der Waals surface area contributed by atoms with Crippen LogP contribution in [0.25, 0.3) is 0 Å². The first-order chi connectivity index (χ1) is 16.0. The summed E-state index contributed by atoms with van der Waals surface area (Å²) >= 11 is 0. The Labute approximate surface area is 198 Å². The summed E-state index contributed by atoms with van der Waals surface area (Å²) in [5.41, 5.74) is -0.373. The van der Waals surface area contributed by atoms with Crippen molar-refractivity contribution in [1.82, 2.24) is 19.8 Å². The zero-order chi connectivity index (χ0) is 25.6. The van der Waals surface area contributed by atoms with Crippen LogP contribution in [0, 0.1) is 0 Å². The van der Waals surface area contributed by atoms with E-state index in [1.54, 1.807) is 0 Å². The third-order valence-corrected chi connectivity index (χ3v) is 4.61. The van der Waals surface area contributed by atoms with Gasteiger partial charge >= 0.3 is 17.9 Å². The lowest BCUT2D eigenvalue weighted by Crippen LogP contribution is -2.42. The maximum Gasteiger partial charge on any atom is 0.336 e. The van der Waals surface area contributed by atoms with Crippen LogP contribution >= 0.6 is 0 Å². The van der Waals surface area contributed by atoms with Crippen LogP contribution in [0.5, 0.6) is 0 Å². The van der Waals surface area contributed by atoms with Crippen LogP contribution in [-0.2, 0) is 27.5 Å². The summed E-state index contributed by atoms with van der Waals surface area (Å²) in [5.74, 6) is -5.02. The summed E-state index contributed by atoms with van der Waals surface area (Å²) < 4.78 is 0. The number of hydrogen-bond acceptors (Lipinski definition) is 8. The van der Waals surface area contributed by atoms with Crippen molar-refractivity contribution in [3.8, 4) is 0 Å². The summed E-state index contributed by atoms with van der Waals surface area (Å²) in [7, 11) is 4.23. The number of aliphatic hydroxyl groups is 1. The molecule has 0 saturated carbocycles. The van der Waals surface area contributed by atoms with Crippen LogP contribution in [-0.4, -0.2) is 90.9 Å². The fourth-order valence-electron chi connectivity index (χ4n) is 3.01. The number of rotatable bonds is 13. The van der Waals surface area contributed by atoms with Gasteiger partial charge in [-0.15, -0.1) is 0 Å². The molecule has 0 aliphatic rings. The number of hydrogen-bond donors (Lipinski definition) is 4. The molecule has 0 fully saturated rings. The Hall–Kier alpha value is -3.41. The van der Waals surface area contributed by atoms with E-state index in [0.717, 1.165) is 38.3 Å². The van der Waals surface area contributed by atoms with Crippen LogP contribution in [0.2, 0.25) is 0 Å². The van der Waals surface area contributed by atoms with Gasteiger partial charge in [0.2, 0.25) is 0 Å². The highest BCUT2D eigenvalue weighted by molar-refractivity contribution is 5.88. The van der Waals surface area contributed by atoms with E-state index in [2.05, 4.69) is 46.0 Å². The van der Waals surface area contributed by atoms with Crippen LogP contribution in [0.3, 0.4) is 0 Å². The number of carbonyl (C=O) groups is 3. The Bertz CT molecular complexity index is 837. The zero-order valence-electron chi connectivity index (χ0n) is 19.4. The average Bonchev–Trinajstić information content (AvgIpc) is 2.74. The quantitative estimate of drug-likeness (QED) is 0.328. The molecule has 34 heavy (non-hydrogen) atoms. The molecule has 4 N–H and O–H groups in total. The first-order valence-electron chi connectivity index (χ1n) is 10.6. The van der Waals surface area contributed by atoms with Gasteiger partial charge in [-0.25, -0.2) is 4.79 Å². The Morgan fingerprint density at radius 2 is 1.59 bits per heavy atom. The smallest absolute Gasteiger partial charge is 0.336 e. The monoisotopic (exact) mass is 476 g/mol. The minimum Gasteiger partial charge on any atom is -0.481 e. The predicted molar refractivity (Wildman–Crippen MR) is 123 cm³/mol. The number of pyridine rings is 2. The highest BCUT2D eigenvalue weighted by atomic mass is 16.4. The first kappa shape index (κ1) is 28.6. The van der Waals surface area contributed by atoms with Gasteiger partial charge in [0, 0.05) is 38.2 Å². The normalized spacial score (nSPS) is 11.1. The lowest BCUT2D eigenvalue weighted by Gasteiger charge is -2.22. The molecule has 0 bridgehead atoms. The Kier molecular flexibility index (Phi) is 12.4. The summed E-state index contributed by atoms with van der Waals surface area (Å²) in [6.45, 7) is 3.95. The SMILES string of the molecule is CN(C)CCCN(Cc1cccnc1)Cc1ccccn1.O=C(O)CC(O)(CC(=O)O)C(=O)O. The minimum atomic E-state index is -2.74. The van der Waals surface area contributed by atoms with Crippen LogP contribution in [0.15, 0.2) is 48.9 Å². The number of carboxylic acids is 3. The minimum absolute atomic E-state index is 0.878. The molecule has 0 aromatic carbocycles. The van der Waals surface area contributed by atoms with Gasteiger partial charge in [-0.2, -0.15) is 0 Å². The summed E-state index contributed by atoms with van der Waals surface area (Å²) in [6, 6.07) is 10.2. The average molecular weight is 477 g/mol. The maximum atomic E-state index is 10.3. The largest absolute Gasteiger partial charge is 0.481 e. The fraction of sp³-hybridized carbons (Fsp3) is 0.435. The molecule has 0 radical (unpaired) electrons. The van der Waals surface area contributed by atoms with Crippen LogP contribution < -0.4 is 0 Å². The van der Waals surface area contributed by atoms with Gasteiger partial charge in [0.05, 0.1) is 18.5 Å². The number of aliphatic carboxylic acids is 3. The molecule has 2 rings (SSSR count). The molecule has 0 unspecified atom stereocenters. The molecule has 0 atom stereocenters. The molecule has 0 aliphatic carbocycles. The second-order valence-corrected chi connectivity index (χ2v) is 8.03. The molecule has 186 valence electrons. The van der Waals surface area contributed by atoms with Crippen LogP contribution in [0.1, 0.15) is 30.5 Å². The van der Waals surface area contributed by atoms with E-state index in [0.29, 0.717) is 0 Å². The van der Waals surface area contributed by atoms with Gasteiger partial charge in [0.1, 0.15) is 0 Å². The Balaban J connectivity index is 0.000000385. The van der Waals surface area contributed by atoms with Crippen molar-refractivity contribution < 1.29 is 34.8 Å². The molecule has 0 aliphatic heterocycles. The van der Waals surface area contributed by atoms with Gasteiger partial charge < -0.3 is 25.3 Å². The first-order valence-corrected chi connectivity index (χ1v) is 10.6. The predicted octanol–water partition coefficient (Wildman–Crippen LogP) is 1.18. The Morgan fingerprint density at radius 3 is 2.06 bits per heavy atom. The van der Waals surface area contributed by atoms with Crippen molar-refractivity contribution in [2.75, 3.05) is 27.2 Å².